The molecule has 5 nitrogen and oxygen atoms in total. The van der Waals surface area contributed by atoms with Crippen LogP contribution in [0.3, 0.4) is 0 Å². The monoisotopic (exact) mass is 258 g/mol. The van der Waals surface area contributed by atoms with Crippen LogP contribution in [0.1, 0.15) is 12.5 Å². The van der Waals surface area contributed by atoms with Gasteiger partial charge in [0, 0.05) is 24.7 Å². The maximum Gasteiger partial charge on any atom is 0.126 e. The number of benzene rings is 1. The molecule has 1 unspecified atom stereocenters. The van der Waals surface area contributed by atoms with Gasteiger partial charge in [-0.3, -0.25) is 10.4 Å². The van der Waals surface area contributed by atoms with E-state index in [9.17, 15) is 5.11 Å². The van der Waals surface area contributed by atoms with Gasteiger partial charge in [0.25, 0.3) is 0 Å². The average molecular weight is 258 g/mol. The van der Waals surface area contributed by atoms with Crippen molar-refractivity contribution in [2.75, 3.05) is 18.6 Å². The topological polar surface area (TPSA) is 86.2 Å². The van der Waals surface area contributed by atoms with Crippen LogP contribution < -0.4 is 10.6 Å². The molecule has 0 saturated heterocycles. The summed E-state index contributed by atoms with van der Waals surface area (Å²) in [6.45, 7) is 1.95. The number of rotatable bonds is 4. The van der Waals surface area contributed by atoms with E-state index in [0.717, 1.165) is 16.6 Å². The number of pyridine rings is 1. The number of hydrogen-bond acceptors (Lipinski definition) is 4. The molecule has 100 valence electrons. The molecule has 0 spiro atoms. The van der Waals surface area contributed by atoms with Gasteiger partial charge in [0.1, 0.15) is 5.84 Å². The van der Waals surface area contributed by atoms with Crippen LogP contribution in [-0.2, 0) is 0 Å². The fourth-order valence-corrected chi connectivity index (χ4v) is 2.05. The van der Waals surface area contributed by atoms with Crippen LogP contribution in [0.5, 0.6) is 0 Å². The van der Waals surface area contributed by atoms with E-state index in [4.69, 9.17) is 11.1 Å². The summed E-state index contributed by atoms with van der Waals surface area (Å²) in [4.78, 5) is 6.25. The van der Waals surface area contributed by atoms with E-state index >= 15 is 0 Å². The SMILES string of the molecule is CC(CO)N(C)c1c(C(=N)N)cnc2ccccc12. The normalized spacial score (nSPS) is 12.4. The Labute approximate surface area is 112 Å². The second kappa shape index (κ2) is 5.24. The third-order valence-corrected chi connectivity index (χ3v) is 3.32. The van der Waals surface area contributed by atoms with E-state index in [1.54, 1.807) is 6.20 Å². The highest BCUT2D eigenvalue weighted by atomic mass is 16.3. The van der Waals surface area contributed by atoms with Crippen molar-refractivity contribution in [3.8, 4) is 0 Å². The number of aliphatic hydroxyl groups is 1. The van der Waals surface area contributed by atoms with Crippen LogP contribution in [0.15, 0.2) is 30.5 Å². The zero-order chi connectivity index (χ0) is 14.0. The van der Waals surface area contributed by atoms with Crippen LogP contribution in [0.4, 0.5) is 5.69 Å². The van der Waals surface area contributed by atoms with E-state index in [1.165, 1.54) is 0 Å². The molecule has 1 aromatic heterocycles. The highest BCUT2D eigenvalue weighted by molar-refractivity contribution is 6.07. The Morgan fingerprint density at radius 2 is 2.16 bits per heavy atom. The van der Waals surface area contributed by atoms with Crippen molar-refractivity contribution in [3.63, 3.8) is 0 Å². The fraction of sp³-hybridized carbons (Fsp3) is 0.286. The minimum absolute atomic E-state index is 0.0229. The van der Waals surface area contributed by atoms with Gasteiger partial charge < -0.3 is 15.7 Å². The molecule has 1 aromatic carbocycles. The summed E-state index contributed by atoms with van der Waals surface area (Å²) in [5, 5.41) is 17.9. The van der Waals surface area contributed by atoms with Crippen molar-refractivity contribution >= 4 is 22.4 Å². The average Bonchev–Trinajstić information content (AvgIpc) is 2.44. The largest absolute Gasteiger partial charge is 0.394 e. The van der Waals surface area contributed by atoms with Crippen molar-refractivity contribution in [2.45, 2.75) is 13.0 Å². The maximum absolute atomic E-state index is 9.33. The second-order valence-corrected chi connectivity index (χ2v) is 4.59. The summed E-state index contributed by atoms with van der Waals surface area (Å²) >= 11 is 0. The Bertz CT molecular complexity index is 611. The number of nitrogens with two attached hydrogens (primary N) is 1. The van der Waals surface area contributed by atoms with Crippen LogP contribution in [-0.4, -0.2) is 35.6 Å². The highest BCUT2D eigenvalue weighted by Gasteiger charge is 2.18. The summed E-state index contributed by atoms with van der Waals surface area (Å²) in [6, 6.07) is 7.64. The molecular weight excluding hydrogens is 240 g/mol. The van der Waals surface area contributed by atoms with Crippen molar-refractivity contribution < 1.29 is 5.11 Å². The number of anilines is 1. The number of fused-ring (bicyclic) bond motifs is 1. The third-order valence-electron chi connectivity index (χ3n) is 3.32. The number of nitrogen functional groups attached to an aromatic ring is 1. The lowest BCUT2D eigenvalue weighted by Gasteiger charge is -2.28. The Morgan fingerprint density at radius 1 is 1.47 bits per heavy atom. The predicted octanol–water partition coefficient (Wildman–Crippen LogP) is 1.34. The standard InChI is InChI=1S/C14H18N4O/c1-9(8-19)18(2)13-10-5-3-4-6-12(10)17-7-11(13)14(15)16/h3-7,9,19H,8H2,1-2H3,(H3,15,16). The highest BCUT2D eigenvalue weighted by Crippen LogP contribution is 2.29. The van der Waals surface area contributed by atoms with E-state index in [0.29, 0.717) is 5.56 Å². The maximum atomic E-state index is 9.33. The molecule has 0 bridgehead atoms. The van der Waals surface area contributed by atoms with Gasteiger partial charge in [-0.05, 0) is 13.0 Å². The van der Waals surface area contributed by atoms with Crippen molar-refractivity contribution in [2.24, 2.45) is 5.73 Å². The Hall–Kier alpha value is -2.14. The van der Waals surface area contributed by atoms with E-state index in [1.807, 2.05) is 43.1 Å². The van der Waals surface area contributed by atoms with Gasteiger partial charge >= 0.3 is 0 Å². The molecule has 19 heavy (non-hydrogen) atoms. The molecule has 4 N–H and O–H groups in total. The molecule has 2 rings (SSSR count). The number of aliphatic hydroxyl groups excluding tert-OH is 1. The predicted molar refractivity (Wildman–Crippen MR) is 77.7 cm³/mol. The molecule has 0 aliphatic rings. The molecule has 0 radical (unpaired) electrons. The van der Waals surface area contributed by atoms with Gasteiger partial charge in [-0.15, -0.1) is 0 Å². The number of amidine groups is 1. The van der Waals surface area contributed by atoms with Crippen molar-refractivity contribution in [1.82, 2.24) is 4.98 Å². The van der Waals surface area contributed by atoms with E-state index in [2.05, 4.69) is 4.98 Å². The second-order valence-electron chi connectivity index (χ2n) is 4.59. The number of nitrogens with one attached hydrogen (secondary N) is 1. The minimum Gasteiger partial charge on any atom is -0.394 e. The minimum atomic E-state index is -0.0658. The quantitative estimate of drug-likeness (QED) is 0.570. The van der Waals surface area contributed by atoms with Gasteiger partial charge in [-0.25, -0.2) is 0 Å². The summed E-state index contributed by atoms with van der Waals surface area (Å²) < 4.78 is 0. The summed E-state index contributed by atoms with van der Waals surface area (Å²) in [6.07, 6.45) is 1.61. The summed E-state index contributed by atoms with van der Waals surface area (Å²) in [5.74, 6) is -0.0229. The number of aromatic nitrogens is 1. The van der Waals surface area contributed by atoms with Crippen LogP contribution in [0.2, 0.25) is 0 Å². The van der Waals surface area contributed by atoms with Crippen LogP contribution in [0, 0.1) is 5.41 Å². The van der Waals surface area contributed by atoms with Gasteiger partial charge in [-0.1, -0.05) is 18.2 Å². The number of hydrogen-bond donors (Lipinski definition) is 3. The number of likely N-dealkylation sites (N-methyl/N-ethyl adjacent to an activating group) is 1. The zero-order valence-electron chi connectivity index (χ0n) is 11.1. The van der Waals surface area contributed by atoms with E-state index < -0.39 is 0 Å². The Balaban J connectivity index is 2.72. The molecule has 0 aliphatic heterocycles. The fourth-order valence-electron chi connectivity index (χ4n) is 2.05. The van der Waals surface area contributed by atoms with Gasteiger partial charge in [0.05, 0.1) is 23.4 Å². The van der Waals surface area contributed by atoms with Crippen molar-refractivity contribution in [1.29, 1.82) is 5.41 Å². The van der Waals surface area contributed by atoms with Crippen molar-refractivity contribution in [3.05, 3.63) is 36.0 Å². The molecule has 0 fully saturated rings. The zero-order valence-corrected chi connectivity index (χ0v) is 11.1. The molecule has 5 heteroatoms. The molecule has 0 saturated carbocycles. The first kappa shape index (κ1) is 13.3. The lowest BCUT2D eigenvalue weighted by atomic mass is 10.1. The van der Waals surface area contributed by atoms with Crippen LogP contribution >= 0.6 is 0 Å². The molecule has 1 heterocycles. The summed E-state index contributed by atoms with van der Waals surface area (Å²) in [7, 11) is 1.88. The molecule has 0 aliphatic carbocycles. The van der Waals surface area contributed by atoms with Crippen LogP contribution in [0.25, 0.3) is 10.9 Å². The Kier molecular flexibility index (Phi) is 3.66. The molecule has 1 atom stereocenters. The third kappa shape index (κ3) is 2.37. The summed E-state index contributed by atoms with van der Waals surface area (Å²) in [5.41, 5.74) is 7.90. The first-order valence-corrected chi connectivity index (χ1v) is 6.12. The Morgan fingerprint density at radius 3 is 2.79 bits per heavy atom. The lowest BCUT2D eigenvalue weighted by Crippen LogP contribution is -2.33. The number of nitrogens with zero attached hydrogens (tertiary/aromatic N) is 2. The first-order valence-electron chi connectivity index (χ1n) is 6.12. The molecular formula is C14H18N4O. The lowest BCUT2D eigenvalue weighted by molar-refractivity contribution is 0.270. The molecule has 2 aromatic rings. The van der Waals surface area contributed by atoms with Gasteiger partial charge in [0.2, 0.25) is 0 Å². The van der Waals surface area contributed by atoms with Gasteiger partial charge in [0.15, 0.2) is 0 Å². The number of para-hydroxylation sites is 1. The van der Waals surface area contributed by atoms with E-state index in [-0.39, 0.29) is 18.5 Å². The first-order chi connectivity index (χ1) is 9.06. The molecule has 0 amide bonds. The smallest absolute Gasteiger partial charge is 0.126 e. The van der Waals surface area contributed by atoms with Gasteiger partial charge in [-0.2, -0.15) is 0 Å².